The van der Waals surface area contributed by atoms with Crippen molar-refractivity contribution in [2.24, 2.45) is 0 Å². The second-order valence-electron chi connectivity index (χ2n) is 5.00. The summed E-state index contributed by atoms with van der Waals surface area (Å²) in [6.07, 6.45) is 6.72. The molecule has 1 aliphatic carbocycles. The van der Waals surface area contributed by atoms with Crippen molar-refractivity contribution in [3.05, 3.63) is 24.2 Å². The second kappa shape index (κ2) is 3.09. The zero-order valence-electron chi connectivity index (χ0n) is 9.02. The van der Waals surface area contributed by atoms with Gasteiger partial charge in [0, 0.05) is 24.2 Å². The molecule has 3 rings (SSSR count). The van der Waals surface area contributed by atoms with Crippen molar-refractivity contribution in [1.82, 2.24) is 4.90 Å². The average Bonchev–Trinajstić information content (AvgIpc) is 2.77. The SMILES string of the molecule is CC1CC(O)(c2ccoc2)CN1C1CC1. The van der Waals surface area contributed by atoms with Gasteiger partial charge < -0.3 is 9.52 Å². The fraction of sp³-hybridized carbons (Fsp3) is 0.667. The predicted molar refractivity (Wildman–Crippen MR) is 56.4 cm³/mol. The van der Waals surface area contributed by atoms with Gasteiger partial charge >= 0.3 is 0 Å². The number of hydrogen-bond acceptors (Lipinski definition) is 3. The van der Waals surface area contributed by atoms with Gasteiger partial charge in [-0.3, -0.25) is 4.90 Å². The van der Waals surface area contributed by atoms with E-state index in [9.17, 15) is 5.11 Å². The zero-order valence-corrected chi connectivity index (χ0v) is 9.02. The topological polar surface area (TPSA) is 36.6 Å². The molecule has 2 heterocycles. The number of nitrogens with zero attached hydrogens (tertiary/aromatic N) is 1. The van der Waals surface area contributed by atoms with Crippen LogP contribution in [0.25, 0.3) is 0 Å². The summed E-state index contributed by atoms with van der Waals surface area (Å²) in [7, 11) is 0. The number of aliphatic hydroxyl groups is 1. The van der Waals surface area contributed by atoms with E-state index in [1.807, 2.05) is 6.07 Å². The maximum absolute atomic E-state index is 10.6. The zero-order chi connectivity index (χ0) is 10.5. The third-order valence-electron chi connectivity index (χ3n) is 3.72. The van der Waals surface area contributed by atoms with Gasteiger partial charge in [0.1, 0.15) is 5.60 Å². The Morgan fingerprint density at radius 2 is 2.33 bits per heavy atom. The van der Waals surface area contributed by atoms with E-state index < -0.39 is 5.60 Å². The summed E-state index contributed by atoms with van der Waals surface area (Å²) in [4.78, 5) is 2.44. The Bertz CT molecular complexity index is 345. The molecule has 0 radical (unpaired) electrons. The maximum atomic E-state index is 10.6. The number of furan rings is 1. The van der Waals surface area contributed by atoms with E-state index in [0.29, 0.717) is 6.04 Å². The van der Waals surface area contributed by atoms with E-state index in [0.717, 1.165) is 24.6 Å². The minimum absolute atomic E-state index is 0.484. The first kappa shape index (κ1) is 9.43. The predicted octanol–water partition coefficient (Wildman–Crippen LogP) is 1.72. The molecule has 0 aromatic carbocycles. The highest BCUT2D eigenvalue weighted by molar-refractivity contribution is 5.20. The molecule has 1 aromatic heterocycles. The molecule has 2 atom stereocenters. The van der Waals surface area contributed by atoms with E-state index in [-0.39, 0.29) is 0 Å². The van der Waals surface area contributed by atoms with Gasteiger partial charge in [0.05, 0.1) is 12.5 Å². The summed E-state index contributed by atoms with van der Waals surface area (Å²) in [5.41, 5.74) is 0.243. The third-order valence-corrected chi connectivity index (χ3v) is 3.72. The van der Waals surface area contributed by atoms with Gasteiger partial charge in [0.2, 0.25) is 0 Å². The molecule has 1 aromatic rings. The van der Waals surface area contributed by atoms with Crippen LogP contribution in [0, 0.1) is 0 Å². The molecule has 0 spiro atoms. The Morgan fingerprint density at radius 1 is 1.53 bits per heavy atom. The molecular weight excluding hydrogens is 190 g/mol. The van der Waals surface area contributed by atoms with E-state index in [4.69, 9.17) is 4.42 Å². The molecule has 1 aliphatic heterocycles. The quantitative estimate of drug-likeness (QED) is 0.802. The van der Waals surface area contributed by atoms with E-state index in [1.54, 1.807) is 12.5 Å². The molecule has 2 fully saturated rings. The Morgan fingerprint density at radius 3 is 2.93 bits per heavy atom. The summed E-state index contributed by atoms with van der Waals surface area (Å²) in [6.45, 7) is 2.97. The molecule has 1 saturated carbocycles. The van der Waals surface area contributed by atoms with Crippen LogP contribution in [0.3, 0.4) is 0 Å². The number of likely N-dealkylation sites (tertiary alicyclic amines) is 1. The van der Waals surface area contributed by atoms with Crippen LogP contribution in [0.5, 0.6) is 0 Å². The van der Waals surface area contributed by atoms with Crippen molar-refractivity contribution >= 4 is 0 Å². The molecule has 2 aliphatic rings. The summed E-state index contributed by atoms with van der Waals surface area (Å²) >= 11 is 0. The first-order valence-electron chi connectivity index (χ1n) is 5.70. The number of hydrogen-bond donors (Lipinski definition) is 1. The van der Waals surface area contributed by atoms with Gasteiger partial charge in [-0.25, -0.2) is 0 Å². The van der Waals surface area contributed by atoms with Crippen LogP contribution in [0.15, 0.2) is 23.0 Å². The molecule has 3 heteroatoms. The normalized spacial score (nSPS) is 37.3. The van der Waals surface area contributed by atoms with Gasteiger partial charge in [-0.1, -0.05) is 0 Å². The molecule has 3 nitrogen and oxygen atoms in total. The summed E-state index contributed by atoms with van der Waals surface area (Å²) < 4.78 is 5.06. The van der Waals surface area contributed by atoms with Crippen molar-refractivity contribution < 1.29 is 9.52 Å². The summed E-state index contributed by atoms with van der Waals surface area (Å²) in [5, 5.41) is 10.6. The Hall–Kier alpha value is -0.800. The van der Waals surface area contributed by atoms with Gasteiger partial charge in [0.25, 0.3) is 0 Å². The van der Waals surface area contributed by atoms with Gasteiger partial charge in [-0.2, -0.15) is 0 Å². The maximum Gasteiger partial charge on any atom is 0.107 e. The van der Waals surface area contributed by atoms with Crippen LogP contribution in [0.4, 0.5) is 0 Å². The van der Waals surface area contributed by atoms with Crippen molar-refractivity contribution in [2.75, 3.05) is 6.54 Å². The van der Waals surface area contributed by atoms with E-state index in [1.165, 1.54) is 12.8 Å². The minimum atomic E-state index is -0.686. The van der Waals surface area contributed by atoms with Crippen molar-refractivity contribution in [1.29, 1.82) is 0 Å². The Labute approximate surface area is 89.7 Å². The Balaban J connectivity index is 1.83. The van der Waals surface area contributed by atoms with Gasteiger partial charge in [0.15, 0.2) is 0 Å². The van der Waals surface area contributed by atoms with Crippen LogP contribution in [0.2, 0.25) is 0 Å². The fourth-order valence-corrected chi connectivity index (χ4v) is 2.76. The summed E-state index contributed by atoms with van der Waals surface area (Å²) in [5.74, 6) is 0. The van der Waals surface area contributed by atoms with E-state index >= 15 is 0 Å². The first-order chi connectivity index (χ1) is 7.19. The second-order valence-corrected chi connectivity index (χ2v) is 5.00. The van der Waals surface area contributed by atoms with Crippen LogP contribution < -0.4 is 0 Å². The molecule has 1 N–H and O–H groups in total. The molecule has 0 amide bonds. The van der Waals surface area contributed by atoms with Gasteiger partial charge in [-0.15, -0.1) is 0 Å². The van der Waals surface area contributed by atoms with Crippen molar-refractivity contribution in [3.8, 4) is 0 Å². The average molecular weight is 207 g/mol. The molecule has 15 heavy (non-hydrogen) atoms. The summed E-state index contributed by atoms with van der Waals surface area (Å²) in [6, 6.07) is 3.08. The third kappa shape index (κ3) is 1.50. The molecule has 82 valence electrons. The lowest BCUT2D eigenvalue weighted by Gasteiger charge is -2.22. The lowest BCUT2D eigenvalue weighted by molar-refractivity contribution is 0.0446. The lowest BCUT2D eigenvalue weighted by atomic mass is 9.94. The van der Waals surface area contributed by atoms with Crippen LogP contribution in [-0.2, 0) is 5.60 Å². The highest BCUT2D eigenvalue weighted by atomic mass is 16.3. The Kier molecular flexibility index (Phi) is 1.94. The molecule has 1 saturated heterocycles. The first-order valence-corrected chi connectivity index (χ1v) is 5.70. The van der Waals surface area contributed by atoms with Crippen molar-refractivity contribution in [3.63, 3.8) is 0 Å². The number of β-amino-alcohol motifs (C(OH)–C–C–N with tert-alkyl or cyclic N) is 1. The number of rotatable bonds is 2. The largest absolute Gasteiger partial charge is 0.472 e. The molecular formula is C12H17NO2. The van der Waals surface area contributed by atoms with Crippen LogP contribution in [-0.4, -0.2) is 28.6 Å². The monoisotopic (exact) mass is 207 g/mol. The fourth-order valence-electron chi connectivity index (χ4n) is 2.76. The smallest absolute Gasteiger partial charge is 0.107 e. The molecule has 2 unspecified atom stereocenters. The molecule has 0 bridgehead atoms. The highest BCUT2D eigenvalue weighted by Gasteiger charge is 2.47. The van der Waals surface area contributed by atoms with Crippen LogP contribution in [0.1, 0.15) is 31.7 Å². The minimum Gasteiger partial charge on any atom is -0.472 e. The van der Waals surface area contributed by atoms with Gasteiger partial charge in [-0.05, 0) is 32.3 Å². The lowest BCUT2D eigenvalue weighted by Crippen LogP contribution is -2.33. The van der Waals surface area contributed by atoms with E-state index in [2.05, 4.69) is 11.8 Å². The standard InChI is InChI=1S/C12H17NO2/c1-9-6-12(14,10-4-5-15-7-10)8-13(9)11-2-3-11/h4-5,7,9,11,14H,2-3,6,8H2,1H3. The highest BCUT2D eigenvalue weighted by Crippen LogP contribution is 2.41. The van der Waals surface area contributed by atoms with Crippen LogP contribution >= 0.6 is 0 Å². The van der Waals surface area contributed by atoms with Crippen molar-refractivity contribution in [2.45, 2.75) is 43.9 Å².